The van der Waals surface area contributed by atoms with Gasteiger partial charge in [-0.05, 0) is 0 Å². The molecule has 52 valence electrons. The van der Waals surface area contributed by atoms with Gasteiger partial charge < -0.3 is 0 Å². The first-order valence-electron chi connectivity index (χ1n) is 2.83. The molecule has 0 atom stereocenters. The van der Waals surface area contributed by atoms with Crippen LogP contribution in [0.1, 0.15) is 19.7 Å². The summed E-state index contributed by atoms with van der Waals surface area (Å²) in [7, 11) is 0. The van der Waals surface area contributed by atoms with Gasteiger partial charge in [-0.3, -0.25) is 5.10 Å². The number of nitrogens with one attached hydrogen (secondary N) is 1. The fraction of sp³-hybridized carbons (Fsp3) is 0.600. The molecule has 0 aliphatic heterocycles. The number of rotatable bonds is 1. The molecule has 1 N–H and O–H groups in total. The number of alkyl halides is 1. The summed E-state index contributed by atoms with van der Waals surface area (Å²) >= 11 is 3.20. The molecule has 4 heteroatoms. The van der Waals surface area contributed by atoms with Crippen molar-refractivity contribution in [3.05, 3.63) is 12.2 Å². The average molecular weight is 192 g/mol. The van der Waals surface area contributed by atoms with Gasteiger partial charge in [0.25, 0.3) is 0 Å². The number of halogens is 1. The van der Waals surface area contributed by atoms with Crippen LogP contribution in [0.4, 0.5) is 0 Å². The molecule has 0 fully saturated rings. The zero-order valence-corrected chi connectivity index (χ0v) is 7.14. The van der Waals surface area contributed by atoms with E-state index >= 15 is 0 Å². The minimum Gasteiger partial charge on any atom is -0.263 e. The summed E-state index contributed by atoms with van der Waals surface area (Å²) in [5, 5.41) is 7.05. The third kappa shape index (κ3) is 3.24. The van der Waals surface area contributed by atoms with Crippen molar-refractivity contribution in [2.75, 3.05) is 0 Å². The molecule has 9 heavy (non-hydrogen) atoms. The first-order valence-corrected chi connectivity index (χ1v) is 3.96. The summed E-state index contributed by atoms with van der Waals surface area (Å²) in [6.07, 6.45) is 1.48. The molecule has 0 saturated carbocycles. The Kier molecular flexibility index (Phi) is 5.51. The van der Waals surface area contributed by atoms with E-state index in [0.717, 1.165) is 11.2 Å². The van der Waals surface area contributed by atoms with Gasteiger partial charge in [-0.1, -0.05) is 29.8 Å². The van der Waals surface area contributed by atoms with Gasteiger partial charge in [0.15, 0.2) is 0 Å². The van der Waals surface area contributed by atoms with Gasteiger partial charge in [0.1, 0.15) is 12.2 Å². The van der Waals surface area contributed by atoms with E-state index in [0.29, 0.717) is 0 Å². The molecule has 1 aromatic rings. The van der Waals surface area contributed by atoms with Gasteiger partial charge in [-0.25, -0.2) is 4.98 Å². The molecule has 0 radical (unpaired) electrons. The summed E-state index contributed by atoms with van der Waals surface area (Å²) in [5.41, 5.74) is 0. The van der Waals surface area contributed by atoms with Crippen molar-refractivity contribution in [1.82, 2.24) is 15.2 Å². The SMILES string of the molecule is BrCc1ncn[nH]1.CC. The van der Waals surface area contributed by atoms with Gasteiger partial charge in [-0.15, -0.1) is 0 Å². The highest BCUT2D eigenvalue weighted by atomic mass is 79.9. The van der Waals surface area contributed by atoms with Gasteiger partial charge in [-0.2, -0.15) is 5.10 Å². The summed E-state index contributed by atoms with van der Waals surface area (Å²) in [6, 6.07) is 0. The standard InChI is InChI=1S/C3H4BrN3.C2H6/c4-1-3-5-2-6-7-3;1-2/h2H,1H2,(H,5,6,7);1-2H3. The smallest absolute Gasteiger partial charge is 0.137 e. The molecular formula is C5H10BrN3. The Hall–Kier alpha value is -0.380. The Morgan fingerprint density at radius 3 is 2.56 bits per heavy atom. The van der Waals surface area contributed by atoms with Gasteiger partial charge >= 0.3 is 0 Å². The van der Waals surface area contributed by atoms with Crippen molar-refractivity contribution in [1.29, 1.82) is 0 Å². The van der Waals surface area contributed by atoms with Gasteiger partial charge in [0.2, 0.25) is 0 Å². The number of hydrogen-bond donors (Lipinski definition) is 1. The lowest BCUT2D eigenvalue weighted by atomic mass is 10.8. The number of hydrogen-bond acceptors (Lipinski definition) is 2. The van der Waals surface area contributed by atoms with Crippen LogP contribution in [0, 0.1) is 0 Å². The lowest BCUT2D eigenvalue weighted by Crippen LogP contribution is -1.76. The van der Waals surface area contributed by atoms with Crippen molar-refractivity contribution < 1.29 is 0 Å². The highest BCUT2D eigenvalue weighted by Gasteiger charge is 1.85. The molecule has 0 saturated heterocycles. The fourth-order valence-corrected chi connectivity index (χ4v) is 0.565. The summed E-state index contributed by atoms with van der Waals surface area (Å²) in [6.45, 7) is 4.00. The Morgan fingerprint density at radius 2 is 2.33 bits per heavy atom. The minimum absolute atomic E-state index is 0.743. The second-order valence-electron chi connectivity index (χ2n) is 1.07. The van der Waals surface area contributed by atoms with Crippen LogP contribution in [-0.2, 0) is 5.33 Å². The Balaban J connectivity index is 0.000000291. The molecule has 3 nitrogen and oxygen atoms in total. The largest absolute Gasteiger partial charge is 0.263 e. The zero-order valence-electron chi connectivity index (χ0n) is 5.56. The van der Waals surface area contributed by atoms with E-state index in [4.69, 9.17) is 0 Å². The molecule has 0 aliphatic carbocycles. The highest BCUT2D eigenvalue weighted by molar-refractivity contribution is 9.08. The Labute approximate surface area is 63.0 Å². The number of H-pyrrole nitrogens is 1. The third-order valence-corrected chi connectivity index (χ3v) is 1.12. The van der Waals surface area contributed by atoms with Crippen molar-refractivity contribution in [3.8, 4) is 0 Å². The van der Waals surface area contributed by atoms with Crippen LogP contribution in [-0.4, -0.2) is 15.2 Å². The maximum atomic E-state index is 3.82. The monoisotopic (exact) mass is 191 g/mol. The molecular weight excluding hydrogens is 182 g/mol. The predicted molar refractivity (Wildman–Crippen MR) is 40.4 cm³/mol. The molecule has 1 aromatic heterocycles. The van der Waals surface area contributed by atoms with E-state index < -0.39 is 0 Å². The van der Waals surface area contributed by atoms with E-state index in [9.17, 15) is 0 Å². The topological polar surface area (TPSA) is 41.6 Å². The van der Waals surface area contributed by atoms with Gasteiger partial charge in [0, 0.05) is 0 Å². The van der Waals surface area contributed by atoms with Crippen molar-refractivity contribution >= 4 is 15.9 Å². The lowest BCUT2D eigenvalue weighted by Gasteiger charge is -1.75. The maximum Gasteiger partial charge on any atom is 0.137 e. The Bertz CT molecular complexity index is 127. The second-order valence-corrected chi connectivity index (χ2v) is 1.63. The van der Waals surface area contributed by atoms with E-state index in [1.165, 1.54) is 6.33 Å². The van der Waals surface area contributed by atoms with Crippen molar-refractivity contribution in [2.24, 2.45) is 0 Å². The maximum absolute atomic E-state index is 3.82. The first kappa shape index (κ1) is 8.62. The Morgan fingerprint density at radius 1 is 1.67 bits per heavy atom. The van der Waals surface area contributed by atoms with Crippen LogP contribution < -0.4 is 0 Å². The second kappa shape index (κ2) is 5.75. The fourth-order valence-electron chi connectivity index (χ4n) is 0.295. The average Bonchev–Trinajstić information content (AvgIpc) is 2.43. The minimum atomic E-state index is 0.743. The van der Waals surface area contributed by atoms with E-state index in [1.807, 2.05) is 13.8 Å². The van der Waals surface area contributed by atoms with Crippen LogP contribution in [0.2, 0.25) is 0 Å². The highest BCUT2D eigenvalue weighted by Crippen LogP contribution is 1.92. The number of nitrogens with zero attached hydrogens (tertiary/aromatic N) is 2. The first-order chi connectivity index (χ1) is 4.43. The third-order valence-electron chi connectivity index (χ3n) is 0.591. The summed E-state index contributed by atoms with van der Waals surface area (Å²) < 4.78 is 0. The summed E-state index contributed by atoms with van der Waals surface area (Å²) in [5.74, 6) is 0.861. The molecule has 1 heterocycles. The van der Waals surface area contributed by atoms with Crippen LogP contribution in [0.15, 0.2) is 6.33 Å². The molecule has 0 aromatic carbocycles. The molecule has 0 bridgehead atoms. The predicted octanol–water partition coefficient (Wildman–Crippen LogP) is 1.73. The molecule has 0 spiro atoms. The molecule has 0 amide bonds. The van der Waals surface area contributed by atoms with Crippen LogP contribution in [0.3, 0.4) is 0 Å². The zero-order chi connectivity index (χ0) is 7.11. The van der Waals surface area contributed by atoms with Crippen LogP contribution in [0.5, 0.6) is 0 Å². The van der Waals surface area contributed by atoms with Crippen molar-refractivity contribution in [3.63, 3.8) is 0 Å². The van der Waals surface area contributed by atoms with Gasteiger partial charge in [0.05, 0.1) is 5.33 Å². The molecule has 0 unspecified atom stereocenters. The lowest BCUT2D eigenvalue weighted by molar-refractivity contribution is 1.03. The van der Waals surface area contributed by atoms with E-state index in [2.05, 4.69) is 31.1 Å². The van der Waals surface area contributed by atoms with E-state index in [1.54, 1.807) is 0 Å². The number of aromatic nitrogens is 3. The van der Waals surface area contributed by atoms with Crippen molar-refractivity contribution in [2.45, 2.75) is 19.2 Å². The van der Waals surface area contributed by atoms with Crippen LogP contribution >= 0.6 is 15.9 Å². The van der Waals surface area contributed by atoms with Crippen LogP contribution in [0.25, 0.3) is 0 Å². The van der Waals surface area contributed by atoms with E-state index in [-0.39, 0.29) is 0 Å². The summed E-state index contributed by atoms with van der Waals surface area (Å²) in [4.78, 5) is 3.82. The molecule has 1 rings (SSSR count). The molecule has 0 aliphatic rings. The number of aromatic amines is 1. The normalized spacial score (nSPS) is 7.89. The quantitative estimate of drug-likeness (QED) is 0.688.